The summed E-state index contributed by atoms with van der Waals surface area (Å²) in [7, 11) is 0. The van der Waals surface area contributed by atoms with Crippen LogP contribution in [-0.2, 0) is 16.2 Å². The number of halogens is 2. The summed E-state index contributed by atoms with van der Waals surface area (Å²) in [6.07, 6.45) is 1.45. The molecule has 37 heavy (non-hydrogen) atoms. The molecule has 0 aliphatic carbocycles. The molecular formula is C26H19I2N3O6. The smallest absolute Gasteiger partial charge is 0.335 e. The van der Waals surface area contributed by atoms with Crippen LogP contribution in [0.2, 0.25) is 0 Å². The van der Waals surface area contributed by atoms with E-state index in [2.05, 4.69) is 50.5 Å². The Labute approximate surface area is 239 Å². The molecule has 0 unspecified atom stereocenters. The molecule has 9 nitrogen and oxygen atoms in total. The summed E-state index contributed by atoms with van der Waals surface area (Å²) in [5.74, 6) is -0.868. The fourth-order valence-corrected chi connectivity index (χ4v) is 5.72. The minimum atomic E-state index is -0.797. The Morgan fingerprint density at radius 3 is 2.22 bits per heavy atom. The molecule has 1 fully saturated rings. The van der Waals surface area contributed by atoms with E-state index in [1.807, 2.05) is 19.9 Å². The zero-order valence-electron chi connectivity index (χ0n) is 19.6. The predicted molar refractivity (Wildman–Crippen MR) is 154 cm³/mol. The van der Waals surface area contributed by atoms with Gasteiger partial charge >= 0.3 is 6.03 Å². The van der Waals surface area contributed by atoms with Crippen LogP contribution in [-0.4, -0.2) is 22.8 Å². The number of rotatable bonds is 6. The highest BCUT2D eigenvalue weighted by Gasteiger charge is 2.37. The fourth-order valence-electron chi connectivity index (χ4n) is 3.59. The van der Waals surface area contributed by atoms with Crippen molar-refractivity contribution in [2.24, 2.45) is 0 Å². The van der Waals surface area contributed by atoms with Crippen LogP contribution in [0.15, 0.2) is 60.2 Å². The minimum Gasteiger partial charge on any atom is -0.487 e. The summed E-state index contributed by atoms with van der Waals surface area (Å²) in [5, 5.41) is 13.1. The molecule has 1 heterocycles. The molecule has 3 aromatic rings. The van der Waals surface area contributed by atoms with Crippen LogP contribution >= 0.6 is 45.2 Å². The monoisotopic (exact) mass is 723 g/mol. The number of nitrogens with zero attached hydrogens (tertiary/aromatic N) is 2. The standard InChI is InChI=1S/C26H19I2N3O6/c1-14-3-6-19(9-15(14)2)30-25(33)20(24(32)29-26(30)34)10-17-11-21(27)23(22(28)12-17)37-13-16-4-7-18(8-5-16)31(35)36/h3-12H,13H2,1-2H3,(H,29,32,34)/b20-10+. The van der Waals surface area contributed by atoms with E-state index in [0.29, 0.717) is 17.0 Å². The van der Waals surface area contributed by atoms with Gasteiger partial charge in [0.15, 0.2) is 0 Å². The minimum absolute atomic E-state index is 0.00405. The molecule has 188 valence electrons. The normalized spacial score (nSPS) is 14.6. The zero-order valence-corrected chi connectivity index (χ0v) is 23.9. The molecule has 0 radical (unpaired) electrons. The largest absolute Gasteiger partial charge is 0.487 e. The van der Waals surface area contributed by atoms with Gasteiger partial charge in [-0.3, -0.25) is 25.0 Å². The maximum absolute atomic E-state index is 13.2. The second-order valence-electron chi connectivity index (χ2n) is 8.25. The SMILES string of the molecule is Cc1ccc(N2C(=O)NC(=O)/C(=C\c3cc(I)c(OCc4ccc([N+](=O)[O-])cc4)c(I)c3)C2=O)cc1C. The summed E-state index contributed by atoms with van der Waals surface area (Å²) in [4.78, 5) is 49.6. The first-order valence-electron chi connectivity index (χ1n) is 10.9. The maximum Gasteiger partial charge on any atom is 0.335 e. The third-order valence-corrected chi connectivity index (χ3v) is 7.31. The number of ether oxygens (including phenoxy) is 1. The number of amides is 4. The Hall–Kier alpha value is -3.33. The van der Waals surface area contributed by atoms with Crippen LogP contribution in [0.3, 0.4) is 0 Å². The van der Waals surface area contributed by atoms with Gasteiger partial charge in [-0.1, -0.05) is 6.07 Å². The van der Waals surface area contributed by atoms with E-state index in [0.717, 1.165) is 28.7 Å². The van der Waals surface area contributed by atoms with E-state index in [1.54, 1.807) is 36.4 Å². The molecule has 0 bridgehead atoms. The quantitative estimate of drug-likeness (QED) is 0.115. The first-order chi connectivity index (χ1) is 17.5. The highest BCUT2D eigenvalue weighted by atomic mass is 127. The Balaban J connectivity index is 1.58. The van der Waals surface area contributed by atoms with Gasteiger partial charge in [0.1, 0.15) is 17.9 Å². The number of hydrogen-bond donors (Lipinski definition) is 1. The van der Waals surface area contributed by atoms with E-state index in [-0.39, 0.29) is 17.9 Å². The van der Waals surface area contributed by atoms with E-state index < -0.39 is 22.8 Å². The van der Waals surface area contributed by atoms with Gasteiger partial charge in [0.05, 0.1) is 17.8 Å². The van der Waals surface area contributed by atoms with Crippen molar-refractivity contribution in [1.82, 2.24) is 5.32 Å². The number of urea groups is 1. The number of benzene rings is 3. The Morgan fingerprint density at radius 1 is 0.973 bits per heavy atom. The molecule has 0 atom stereocenters. The van der Waals surface area contributed by atoms with Crippen molar-refractivity contribution >= 4 is 80.5 Å². The van der Waals surface area contributed by atoms with Crippen molar-refractivity contribution in [3.63, 3.8) is 0 Å². The van der Waals surface area contributed by atoms with Crippen LogP contribution in [0.5, 0.6) is 5.75 Å². The van der Waals surface area contributed by atoms with Gasteiger partial charge in [-0.25, -0.2) is 9.69 Å². The van der Waals surface area contributed by atoms with E-state index in [1.165, 1.54) is 18.2 Å². The lowest BCUT2D eigenvalue weighted by atomic mass is 10.1. The molecule has 0 saturated carbocycles. The highest BCUT2D eigenvalue weighted by Crippen LogP contribution is 2.31. The number of nitrogens with one attached hydrogen (secondary N) is 1. The summed E-state index contributed by atoms with van der Waals surface area (Å²) < 4.78 is 7.43. The molecule has 1 aliphatic heterocycles. The van der Waals surface area contributed by atoms with Crippen molar-refractivity contribution in [3.05, 3.63) is 99.7 Å². The lowest BCUT2D eigenvalue weighted by Gasteiger charge is -2.27. The second kappa shape index (κ2) is 11.0. The molecule has 0 aromatic heterocycles. The van der Waals surface area contributed by atoms with Crippen LogP contribution in [0.1, 0.15) is 22.3 Å². The number of non-ortho nitro benzene ring substituents is 1. The number of barbiturate groups is 1. The predicted octanol–water partition coefficient (Wildman–Crippen LogP) is 5.67. The molecule has 3 aromatic carbocycles. The lowest BCUT2D eigenvalue weighted by molar-refractivity contribution is -0.384. The average Bonchev–Trinajstić information content (AvgIpc) is 2.83. The van der Waals surface area contributed by atoms with E-state index in [9.17, 15) is 24.5 Å². The topological polar surface area (TPSA) is 119 Å². The van der Waals surface area contributed by atoms with Crippen molar-refractivity contribution in [2.75, 3.05) is 4.90 Å². The van der Waals surface area contributed by atoms with Gasteiger partial charge in [-0.2, -0.15) is 0 Å². The number of imide groups is 2. The van der Waals surface area contributed by atoms with Gasteiger partial charge in [-0.05, 0) is 124 Å². The van der Waals surface area contributed by atoms with Gasteiger partial charge in [0, 0.05) is 12.1 Å². The molecule has 1 saturated heterocycles. The molecule has 0 spiro atoms. The van der Waals surface area contributed by atoms with Crippen molar-refractivity contribution in [2.45, 2.75) is 20.5 Å². The van der Waals surface area contributed by atoms with Gasteiger partial charge < -0.3 is 4.74 Å². The Bertz CT molecular complexity index is 1460. The molecule has 1 N–H and O–H groups in total. The highest BCUT2D eigenvalue weighted by molar-refractivity contribution is 14.1. The van der Waals surface area contributed by atoms with Gasteiger partial charge in [0.2, 0.25) is 0 Å². The van der Waals surface area contributed by atoms with Crippen molar-refractivity contribution < 1.29 is 24.0 Å². The maximum atomic E-state index is 13.2. The van der Waals surface area contributed by atoms with Crippen LogP contribution in [0.25, 0.3) is 6.08 Å². The van der Waals surface area contributed by atoms with Gasteiger partial charge in [-0.15, -0.1) is 0 Å². The number of anilines is 1. The molecule has 4 rings (SSSR count). The first kappa shape index (κ1) is 26.7. The van der Waals surface area contributed by atoms with E-state index >= 15 is 0 Å². The molecule has 1 aliphatic rings. The number of hydrogen-bond acceptors (Lipinski definition) is 6. The summed E-state index contributed by atoms with van der Waals surface area (Å²) in [6, 6.07) is 14.0. The van der Waals surface area contributed by atoms with Crippen molar-refractivity contribution in [1.29, 1.82) is 0 Å². The van der Waals surface area contributed by atoms with Crippen molar-refractivity contribution in [3.8, 4) is 5.75 Å². The van der Waals surface area contributed by atoms with E-state index in [4.69, 9.17) is 4.74 Å². The number of carbonyl (C=O) groups excluding carboxylic acids is 3. The third kappa shape index (κ3) is 5.82. The Kier molecular flexibility index (Phi) is 7.92. The molecule has 4 amide bonds. The number of aryl methyl sites for hydroxylation is 2. The first-order valence-corrected chi connectivity index (χ1v) is 13.0. The molecular weight excluding hydrogens is 704 g/mol. The lowest BCUT2D eigenvalue weighted by Crippen LogP contribution is -2.54. The number of carbonyl (C=O) groups is 3. The number of nitro groups is 1. The van der Waals surface area contributed by atoms with Crippen LogP contribution in [0.4, 0.5) is 16.2 Å². The second-order valence-corrected chi connectivity index (χ2v) is 10.6. The third-order valence-electron chi connectivity index (χ3n) is 5.71. The Morgan fingerprint density at radius 2 is 1.62 bits per heavy atom. The zero-order chi connectivity index (χ0) is 26.9. The molecule has 11 heteroatoms. The van der Waals surface area contributed by atoms with Crippen LogP contribution in [0, 0.1) is 31.1 Å². The van der Waals surface area contributed by atoms with Gasteiger partial charge in [0.25, 0.3) is 17.5 Å². The van der Waals surface area contributed by atoms with Crippen LogP contribution < -0.4 is 15.0 Å². The average molecular weight is 723 g/mol. The summed E-state index contributed by atoms with van der Waals surface area (Å²) in [5.41, 5.74) is 3.50. The number of nitro benzene ring substituents is 1. The fraction of sp³-hybridized carbons (Fsp3) is 0.115. The summed E-state index contributed by atoms with van der Waals surface area (Å²) >= 11 is 4.20. The summed E-state index contributed by atoms with van der Waals surface area (Å²) in [6.45, 7) is 4.01.